The molecule has 0 spiro atoms. The largest absolute Gasteiger partial charge is 0.416 e. The van der Waals surface area contributed by atoms with Gasteiger partial charge in [0, 0.05) is 44.6 Å². The van der Waals surface area contributed by atoms with Crippen LogP contribution in [-0.4, -0.2) is 67.8 Å². The normalized spacial score (nSPS) is 14.4. The Morgan fingerprint density at radius 1 is 0.822 bits per heavy atom. The van der Waals surface area contributed by atoms with E-state index in [4.69, 9.17) is 0 Å². The van der Waals surface area contributed by atoms with Crippen molar-refractivity contribution in [3.63, 3.8) is 0 Å². The Bertz CT molecular complexity index is 1630. The summed E-state index contributed by atoms with van der Waals surface area (Å²) in [6.07, 6.45) is -2.96. The first-order valence-corrected chi connectivity index (χ1v) is 14.7. The van der Waals surface area contributed by atoms with Crippen LogP contribution in [0.4, 0.5) is 18.9 Å². The van der Waals surface area contributed by atoms with E-state index >= 15 is 0 Å². The van der Waals surface area contributed by atoms with Crippen molar-refractivity contribution in [2.75, 3.05) is 31.5 Å². The highest BCUT2D eigenvalue weighted by Crippen LogP contribution is 2.30. The summed E-state index contributed by atoms with van der Waals surface area (Å²) >= 11 is 0. The summed E-state index contributed by atoms with van der Waals surface area (Å²) in [4.78, 5) is 34.5. The zero-order chi connectivity index (χ0) is 32.4. The average Bonchev–Trinajstić information content (AvgIpc) is 3.36. The number of carbonyl (C=O) groups is 2. The minimum atomic E-state index is -4.46. The highest BCUT2D eigenvalue weighted by molar-refractivity contribution is 6.02. The smallest absolute Gasteiger partial charge is 0.335 e. The number of hydrogen-bond donors (Lipinski definition) is 1. The summed E-state index contributed by atoms with van der Waals surface area (Å²) in [5.41, 5.74) is 3.80. The molecule has 2 aromatic carbocycles. The maximum atomic E-state index is 13.6. The second-order valence-electron chi connectivity index (χ2n) is 12.3. The molecule has 4 aromatic rings. The van der Waals surface area contributed by atoms with Crippen molar-refractivity contribution in [1.29, 1.82) is 0 Å². The number of aromatic nitrogens is 4. The van der Waals surface area contributed by atoms with Crippen molar-refractivity contribution in [2.45, 2.75) is 52.4 Å². The number of rotatable bonds is 7. The van der Waals surface area contributed by atoms with Gasteiger partial charge in [-0.2, -0.15) is 13.2 Å². The Labute approximate surface area is 260 Å². The molecule has 1 aliphatic heterocycles. The minimum absolute atomic E-state index is 0.0905. The monoisotopic (exact) mass is 619 g/mol. The Morgan fingerprint density at radius 3 is 2.02 bits per heavy atom. The number of nitrogens with zero attached hydrogens (tertiary/aromatic N) is 6. The standard InChI is InChI=1S/C33H36F3N7O2/c1-22-29(31(45)42-17-15-41(16-18-42)20-23-5-8-25(9-6-23)32(2,3)4)43(40-39-22)21-24-7-14-28(37-19-24)30(44)38-27-12-10-26(11-13-27)33(34,35)36/h5-14,19H,15-18,20-21H2,1-4H3,(H,38,44). The SMILES string of the molecule is Cc1nnn(Cc2ccc(C(=O)Nc3ccc(C(F)(F)F)cc3)nc2)c1C(=O)N1CCN(Cc2ccc(C(C)(C)C)cc2)CC1. The Balaban J connectivity index is 1.16. The molecule has 0 bridgehead atoms. The highest BCUT2D eigenvalue weighted by atomic mass is 19.4. The van der Waals surface area contributed by atoms with Crippen molar-refractivity contribution < 1.29 is 22.8 Å². The van der Waals surface area contributed by atoms with Crippen molar-refractivity contribution >= 4 is 17.5 Å². The van der Waals surface area contributed by atoms with Gasteiger partial charge >= 0.3 is 6.18 Å². The molecule has 2 amide bonds. The molecule has 3 heterocycles. The van der Waals surface area contributed by atoms with Crippen LogP contribution in [0.15, 0.2) is 66.9 Å². The number of carbonyl (C=O) groups excluding carboxylic acids is 2. The fourth-order valence-electron chi connectivity index (χ4n) is 5.17. The lowest BCUT2D eigenvalue weighted by Gasteiger charge is -2.35. The molecule has 1 saturated heterocycles. The Morgan fingerprint density at radius 2 is 1.44 bits per heavy atom. The van der Waals surface area contributed by atoms with E-state index in [2.05, 4.69) is 70.5 Å². The third-order valence-corrected chi connectivity index (χ3v) is 7.85. The molecular weight excluding hydrogens is 583 g/mol. The molecule has 9 nitrogen and oxygen atoms in total. The first kappa shape index (κ1) is 31.8. The van der Waals surface area contributed by atoms with Crippen molar-refractivity contribution in [3.8, 4) is 0 Å². The van der Waals surface area contributed by atoms with Crippen LogP contribution in [0.1, 0.15) is 69.7 Å². The molecule has 1 fully saturated rings. The van der Waals surface area contributed by atoms with Crippen LogP contribution < -0.4 is 5.32 Å². The van der Waals surface area contributed by atoms with Gasteiger partial charge < -0.3 is 10.2 Å². The van der Waals surface area contributed by atoms with Crippen LogP contribution in [0.5, 0.6) is 0 Å². The van der Waals surface area contributed by atoms with Crippen molar-refractivity contribution in [1.82, 2.24) is 29.8 Å². The number of piperazine rings is 1. The lowest BCUT2D eigenvalue weighted by atomic mass is 9.87. The lowest BCUT2D eigenvalue weighted by Crippen LogP contribution is -2.48. The minimum Gasteiger partial charge on any atom is -0.335 e. The molecule has 12 heteroatoms. The van der Waals surface area contributed by atoms with Gasteiger partial charge in [0.15, 0.2) is 0 Å². The van der Waals surface area contributed by atoms with Crippen LogP contribution in [0, 0.1) is 6.92 Å². The zero-order valence-electron chi connectivity index (χ0n) is 25.7. The Hall–Kier alpha value is -4.58. The number of pyridine rings is 1. The highest BCUT2D eigenvalue weighted by Gasteiger charge is 2.30. The maximum absolute atomic E-state index is 13.6. The fraction of sp³-hybridized carbons (Fsp3) is 0.364. The summed E-state index contributed by atoms with van der Waals surface area (Å²) < 4.78 is 39.9. The third-order valence-electron chi connectivity index (χ3n) is 7.85. The first-order valence-electron chi connectivity index (χ1n) is 14.7. The number of aryl methyl sites for hydroxylation is 1. The van der Waals surface area contributed by atoms with E-state index < -0.39 is 17.6 Å². The fourth-order valence-corrected chi connectivity index (χ4v) is 5.17. The summed E-state index contributed by atoms with van der Waals surface area (Å²) in [7, 11) is 0. The predicted molar refractivity (Wildman–Crippen MR) is 164 cm³/mol. The number of nitrogens with one attached hydrogen (secondary N) is 1. The van der Waals surface area contributed by atoms with Crippen molar-refractivity contribution in [2.24, 2.45) is 0 Å². The van der Waals surface area contributed by atoms with E-state index in [0.717, 1.165) is 31.8 Å². The molecule has 0 radical (unpaired) electrons. The number of anilines is 1. The molecule has 45 heavy (non-hydrogen) atoms. The molecule has 5 rings (SSSR count). The summed E-state index contributed by atoms with van der Waals surface area (Å²) in [6, 6.07) is 16.1. The number of amides is 2. The first-order chi connectivity index (χ1) is 21.3. The molecule has 236 valence electrons. The molecule has 2 aromatic heterocycles. The van der Waals surface area contributed by atoms with Gasteiger partial charge in [0.2, 0.25) is 0 Å². The van der Waals surface area contributed by atoms with Crippen LogP contribution in [0.3, 0.4) is 0 Å². The van der Waals surface area contributed by atoms with Gasteiger partial charge in [-0.3, -0.25) is 19.5 Å². The van der Waals surface area contributed by atoms with Crippen LogP contribution in [0.25, 0.3) is 0 Å². The number of alkyl halides is 3. The molecule has 0 unspecified atom stereocenters. The van der Waals surface area contributed by atoms with E-state index in [1.807, 2.05) is 4.90 Å². The van der Waals surface area contributed by atoms with Gasteiger partial charge in [0.05, 0.1) is 17.8 Å². The van der Waals surface area contributed by atoms with E-state index in [0.29, 0.717) is 30.0 Å². The van der Waals surface area contributed by atoms with Gasteiger partial charge in [-0.25, -0.2) is 4.68 Å². The van der Waals surface area contributed by atoms with Gasteiger partial charge in [0.25, 0.3) is 11.8 Å². The van der Waals surface area contributed by atoms with E-state index in [1.165, 1.54) is 35.5 Å². The summed E-state index contributed by atoms with van der Waals surface area (Å²) in [5, 5.41) is 10.9. The van der Waals surface area contributed by atoms with Crippen LogP contribution in [0.2, 0.25) is 0 Å². The van der Waals surface area contributed by atoms with Crippen molar-refractivity contribution in [3.05, 3.63) is 106 Å². The number of hydrogen-bond acceptors (Lipinski definition) is 6. The van der Waals surface area contributed by atoms with E-state index in [-0.39, 0.29) is 29.2 Å². The molecule has 1 aliphatic rings. The summed E-state index contributed by atoms with van der Waals surface area (Å²) in [6.45, 7) is 12.1. The van der Waals surface area contributed by atoms with E-state index in [1.54, 1.807) is 17.7 Å². The molecular formula is C33H36F3N7O2. The van der Waals surface area contributed by atoms with Gasteiger partial charge in [-0.1, -0.05) is 56.3 Å². The molecule has 1 N–H and O–H groups in total. The molecule has 0 aliphatic carbocycles. The predicted octanol–water partition coefficient (Wildman–Crippen LogP) is 5.56. The van der Waals surface area contributed by atoms with E-state index in [9.17, 15) is 22.8 Å². The average molecular weight is 620 g/mol. The van der Waals surface area contributed by atoms with Gasteiger partial charge in [-0.05, 0) is 59.4 Å². The van der Waals surface area contributed by atoms with Crippen LogP contribution >= 0.6 is 0 Å². The summed E-state index contributed by atoms with van der Waals surface area (Å²) in [5.74, 6) is -0.693. The third kappa shape index (κ3) is 7.75. The number of halogens is 3. The second-order valence-corrected chi connectivity index (χ2v) is 12.3. The van der Waals surface area contributed by atoms with Gasteiger partial charge in [0.1, 0.15) is 11.4 Å². The lowest BCUT2D eigenvalue weighted by molar-refractivity contribution is -0.137. The zero-order valence-corrected chi connectivity index (χ0v) is 25.7. The van der Waals surface area contributed by atoms with Crippen LogP contribution in [-0.2, 0) is 24.7 Å². The Kier molecular flexibility index (Phi) is 9.06. The van der Waals surface area contributed by atoms with Gasteiger partial charge in [-0.15, -0.1) is 5.10 Å². The topological polar surface area (TPSA) is 96.2 Å². The quantitative estimate of drug-likeness (QED) is 0.291. The maximum Gasteiger partial charge on any atom is 0.416 e. The molecule has 0 atom stereocenters. The molecule has 0 saturated carbocycles. The number of benzene rings is 2. The second kappa shape index (κ2) is 12.8.